The summed E-state index contributed by atoms with van der Waals surface area (Å²) in [5.74, 6) is -3.16. The van der Waals surface area contributed by atoms with Gasteiger partial charge in [0.05, 0.1) is 5.56 Å². The van der Waals surface area contributed by atoms with E-state index in [9.17, 15) is 14.0 Å². The summed E-state index contributed by atoms with van der Waals surface area (Å²) in [6.45, 7) is 0. The molecule has 0 aliphatic carbocycles. The number of carbonyl (C=O) groups is 2. The minimum Gasteiger partial charge on any atom is -0.478 e. The van der Waals surface area contributed by atoms with Crippen LogP contribution >= 0.6 is 0 Å². The molecule has 2 aromatic rings. The molecule has 0 aliphatic rings. The Morgan fingerprint density at radius 3 is 2.15 bits per heavy atom. The maximum atomic E-state index is 12.8. The molecule has 0 saturated carbocycles. The van der Waals surface area contributed by atoms with E-state index in [1.165, 1.54) is 30.3 Å². The Morgan fingerprint density at radius 2 is 1.60 bits per heavy atom. The fourth-order valence-electron chi connectivity index (χ4n) is 1.64. The van der Waals surface area contributed by atoms with Crippen molar-refractivity contribution < 1.29 is 28.9 Å². The van der Waals surface area contributed by atoms with Gasteiger partial charge in [-0.3, -0.25) is 0 Å². The van der Waals surface area contributed by atoms with Crippen molar-refractivity contribution in [1.82, 2.24) is 0 Å². The highest BCUT2D eigenvalue weighted by atomic mass is 19.1. The summed E-state index contributed by atoms with van der Waals surface area (Å²) in [6, 6.07) is 8.80. The number of hydrogen-bond acceptors (Lipinski definition) is 3. The molecule has 0 bridgehead atoms. The number of carboxylic acids is 2. The number of halogens is 1. The van der Waals surface area contributed by atoms with Crippen molar-refractivity contribution in [3.8, 4) is 11.5 Å². The lowest BCUT2D eigenvalue weighted by Crippen LogP contribution is -2.09. The second kappa shape index (κ2) is 5.40. The maximum Gasteiger partial charge on any atom is 0.340 e. The quantitative estimate of drug-likeness (QED) is 0.896. The normalized spacial score (nSPS) is 10.1. The molecule has 20 heavy (non-hydrogen) atoms. The fourth-order valence-corrected chi connectivity index (χ4v) is 1.64. The molecular formula is C14H9FO5. The fraction of sp³-hybridized carbons (Fsp3) is 0. The molecule has 2 aromatic carbocycles. The third-order valence-corrected chi connectivity index (χ3v) is 2.51. The topological polar surface area (TPSA) is 83.8 Å². The van der Waals surface area contributed by atoms with Crippen molar-refractivity contribution in [3.63, 3.8) is 0 Å². The average Bonchev–Trinajstić information content (AvgIpc) is 2.40. The largest absolute Gasteiger partial charge is 0.478 e. The first kappa shape index (κ1) is 13.5. The molecule has 0 spiro atoms. The monoisotopic (exact) mass is 276 g/mol. The molecule has 0 fully saturated rings. The number of ether oxygens (including phenoxy) is 1. The second-order valence-electron chi connectivity index (χ2n) is 3.84. The van der Waals surface area contributed by atoms with Crippen molar-refractivity contribution in [1.29, 1.82) is 0 Å². The van der Waals surface area contributed by atoms with Gasteiger partial charge >= 0.3 is 11.9 Å². The van der Waals surface area contributed by atoms with Gasteiger partial charge in [-0.2, -0.15) is 0 Å². The van der Waals surface area contributed by atoms with Crippen LogP contribution in [0, 0.1) is 5.82 Å². The molecule has 0 amide bonds. The molecule has 0 saturated heterocycles. The Balaban J connectivity index is 2.46. The van der Waals surface area contributed by atoms with Crippen LogP contribution in [0.4, 0.5) is 4.39 Å². The SMILES string of the molecule is O=C(O)c1cccc(Oc2ccc(F)cc2)c1C(=O)O. The van der Waals surface area contributed by atoms with Crippen molar-refractivity contribution >= 4 is 11.9 Å². The summed E-state index contributed by atoms with van der Waals surface area (Å²) in [5, 5.41) is 18.1. The van der Waals surface area contributed by atoms with E-state index in [4.69, 9.17) is 14.9 Å². The smallest absolute Gasteiger partial charge is 0.340 e. The van der Waals surface area contributed by atoms with Gasteiger partial charge in [-0.1, -0.05) is 6.07 Å². The lowest BCUT2D eigenvalue weighted by atomic mass is 10.1. The number of aromatic carboxylic acids is 2. The van der Waals surface area contributed by atoms with Gasteiger partial charge < -0.3 is 14.9 Å². The summed E-state index contributed by atoms with van der Waals surface area (Å²) in [6.07, 6.45) is 0. The highest BCUT2D eigenvalue weighted by Crippen LogP contribution is 2.28. The minimum absolute atomic E-state index is 0.121. The van der Waals surface area contributed by atoms with E-state index < -0.39 is 23.3 Å². The molecule has 6 heteroatoms. The van der Waals surface area contributed by atoms with E-state index >= 15 is 0 Å². The van der Waals surface area contributed by atoms with Crippen molar-refractivity contribution in [2.45, 2.75) is 0 Å². The molecule has 5 nitrogen and oxygen atoms in total. The van der Waals surface area contributed by atoms with Gasteiger partial charge in [0.1, 0.15) is 22.9 Å². The zero-order valence-electron chi connectivity index (χ0n) is 10.0. The standard InChI is InChI=1S/C14H9FO5/c15-8-4-6-9(7-5-8)20-11-3-1-2-10(13(16)17)12(11)14(18)19/h1-7H,(H,16,17)(H,18,19). The first-order valence-corrected chi connectivity index (χ1v) is 5.52. The molecule has 0 atom stereocenters. The third-order valence-electron chi connectivity index (χ3n) is 2.51. The van der Waals surface area contributed by atoms with Crippen LogP contribution in [0.3, 0.4) is 0 Å². The Hall–Kier alpha value is -2.89. The van der Waals surface area contributed by atoms with Crippen LogP contribution in [0.25, 0.3) is 0 Å². The Kier molecular flexibility index (Phi) is 3.65. The van der Waals surface area contributed by atoms with E-state index in [1.54, 1.807) is 0 Å². The minimum atomic E-state index is -1.42. The number of hydrogen-bond donors (Lipinski definition) is 2. The summed E-state index contributed by atoms with van der Waals surface area (Å²) in [4.78, 5) is 22.2. The van der Waals surface area contributed by atoms with Crippen LogP contribution < -0.4 is 4.74 Å². The van der Waals surface area contributed by atoms with Crippen LogP contribution in [-0.4, -0.2) is 22.2 Å². The molecular weight excluding hydrogens is 267 g/mol. The van der Waals surface area contributed by atoms with Crippen LogP contribution in [0.1, 0.15) is 20.7 Å². The van der Waals surface area contributed by atoms with E-state index in [-0.39, 0.29) is 17.1 Å². The predicted molar refractivity (Wildman–Crippen MR) is 66.8 cm³/mol. The van der Waals surface area contributed by atoms with Gasteiger partial charge in [-0.05, 0) is 36.4 Å². The number of carboxylic acid groups (broad SMARTS) is 2. The molecule has 2 rings (SSSR count). The molecule has 0 unspecified atom stereocenters. The Morgan fingerprint density at radius 1 is 0.950 bits per heavy atom. The maximum absolute atomic E-state index is 12.8. The zero-order chi connectivity index (χ0) is 14.7. The van der Waals surface area contributed by atoms with Crippen molar-refractivity contribution in [2.75, 3.05) is 0 Å². The Bertz CT molecular complexity index is 664. The molecule has 2 N–H and O–H groups in total. The summed E-state index contributed by atoms with van der Waals surface area (Å²) < 4.78 is 18.1. The molecule has 0 aromatic heterocycles. The van der Waals surface area contributed by atoms with E-state index in [1.807, 2.05) is 0 Å². The molecule has 102 valence electrons. The highest BCUT2D eigenvalue weighted by Gasteiger charge is 2.21. The zero-order valence-corrected chi connectivity index (χ0v) is 10.0. The van der Waals surface area contributed by atoms with Gasteiger partial charge in [-0.15, -0.1) is 0 Å². The molecule has 0 aliphatic heterocycles. The Labute approximate surface area is 112 Å². The van der Waals surface area contributed by atoms with Crippen LogP contribution in [0.15, 0.2) is 42.5 Å². The van der Waals surface area contributed by atoms with Crippen LogP contribution in [0.2, 0.25) is 0 Å². The number of benzene rings is 2. The van der Waals surface area contributed by atoms with Crippen molar-refractivity contribution in [3.05, 3.63) is 59.4 Å². The first-order valence-electron chi connectivity index (χ1n) is 5.52. The van der Waals surface area contributed by atoms with Gasteiger partial charge in [0.2, 0.25) is 0 Å². The summed E-state index contributed by atoms with van der Waals surface area (Å²) in [5.41, 5.74) is -0.832. The van der Waals surface area contributed by atoms with Gasteiger partial charge in [-0.25, -0.2) is 14.0 Å². The van der Waals surface area contributed by atoms with Gasteiger partial charge in [0, 0.05) is 0 Å². The number of rotatable bonds is 4. The van der Waals surface area contributed by atoms with Gasteiger partial charge in [0.15, 0.2) is 0 Å². The molecule has 0 heterocycles. The van der Waals surface area contributed by atoms with Crippen LogP contribution in [-0.2, 0) is 0 Å². The molecule has 0 radical (unpaired) electrons. The van der Waals surface area contributed by atoms with Gasteiger partial charge in [0.25, 0.3) is 0 Å². The van der Waals surface area contributed by atoms with E-state index in [2.05, 4.69) is 0 Å². The van der Waals surface area contributed by atoms with E-state index in [0.29, 0.717) is 0 Å². The second-order valence-corrected chi connectivity index (χ2v) is 3.84. The lowest BCUT2D eigenvalue weighted by Gasteiger charge is -2.10. The summed E-state index contributed by atoms with van der Waals surface area (Å²) in [7, 11) is 0. The van der Waals surface area contributed by atoms with Crippen molar-refractivity contribution in [2.24, 2.45) is 0 Å². The predicted octanol–water partition coefficient (Wildman–Crippen LogP) is 3.01. The van der Waals surface area contributed by atoms with E-state index in [0.717, 1.165) is 12.1 Å². The first-order chi connectivity index (χ1) is 9.49. The third kappa shape index (κ3) is 2.74. The van der Waals surface area contributed by atoms with Crippen LogP contribution in [0.5, 0.6) is 11.5 Å². The summed E-state index contributed by atoms with van der Waals surface area (Å²) >= 11 is 0. The average molecular weight is 276 g/mol. The lowest BCUT2D eigenvalue weighted by molar-refractivity contribution is 0.0649. The highest BCUT2D eigenvalue weighted by molar-refractivity contribution is 6.03.